The van der Waals surface area contributed by atoms with Crippen molar-refractivity contribution in [3.05, 3.63) is 181 Å². The van der Waals surface area contributed by atoms with Crippen LogP contribution in [0.25, 0.3) is 88.9 Å². The van der Waals surface area contributed by atoms with E-state index in [0.717, 1.165) is 39.4 Å². The molecule has 1 aliphatic carbocycles. The first-order valence-electron chi connectivity index (χ1n) is 18.3. The molecule has 0 radical (unpaired) electrons. The average Bonchev–Trinajstić information content (AvgIpc) is 3.82. The van der Waals surface area contributed by atoms with Crippen LogP contribution in [0.4, 0.5) is 0 Å². The van der Waals surface area contributed by atoms with Gasteiger partial charge in [0.15, 0.2) is 5.82 Å². The summed E-state index contributed by atoms with van der Waals surface area (Å²) < 4.78 is 4.90. The lowest BCUT2D eigenvalue weighted by Crippen LogP contribution is -2.15. The third kappa shape index (κ3) is 4.18. The van der Waals surface area contributed by atoms with Gasteiger partial charge in [-0.2, -0.15) is 0 Å². The van der Waals surface area contributed by atoms with Gasteiger partial charge in [0.05, 0.1) is 27.8 Å². The lowest BCUT2D eigenvalue weighted by molar-refractivity contribution is 0.667. The van der Waals surface area contributed by atoms with E-state index >= 15 is 0 Å². The minimum Gasteiger partial charge on any atom is -0.307 e. The topological polar surface area (TPSA) is 35.6 Å². The molecule has 4 nitrogen and oxygen atoms in total. The number of hydrogen-bond acceptors (Lipinski definition) is 2. The van der Waals surface area contributed by atoms with E-state index in [1.807, 2.05) is 6.07 Å². The van der Waals surface area contributed by atoms with Crippen molar-refractivity contribution in [2.75, 3.05) is 0 Å². The lowest BCUT2D eigenvalue weighted by Gasteiger charge is -2.23. The van der Waals surface area contributed by atoms with Gasteiger partial charge in [-0.25, -0.2) is 9.97 Å². The molecular formula is C49H34N4. The van der Waals surface area contributed by atoms with Crippen molar-refractivity contribution in [1.29, 1.82) is 0 Å². The van der Waals surface area contributed by atoms with Crippen molar-refractivity contribution in [3.63, 3.8) is 0 Å². The van der Waals surface area contributed by atoms with Crippen LogP contribution < -0.4 is 0 Å². The molecule has 0 atom stereocenters. The molecule has 53 heavy (non-hydrogen) atoms. The Balaban J connectivity index is 1.41. The summed E-state index contributed by atoms with van der Waals surface area (Å²) in [5.41, 5.74) is 13.8. The third-order valence-corrected chi connectivity index (χ3v) is 11.3. The summed E-state index contributed by atoms with van der Waals surface area (Å²) in [6, 6.07) is 60.6. The fourth-order valence-electron chi connectivity index (χ4n) is 9.06. The van der Waals surface area contributed by atoms with Gasteiger partial charge in [-0.05, 0) is 46.5 Å². The Hall–Kier alpha value is -6.78. The Morgan fingerprint density at radius 1 is 0.491 bits per heavy atom. The Morgan fingerprint density at radius 3 is 1.75 bits per heavy atom. The highest BCUT2D eigenvalue weighted by Gasteiger charge is 2.41. The maximum Gasteiger partial charge on any atom is 0.162 e. The number of benzene rings is 7. The lowest BCUT2D eigenvalue weighted by atomic mass is 9.80. The zero-order valence-corrected chi connectivity index (χ0v) is 29.5. The maximum absolute atomic E-state index is 5.45. The molecule has 3 aromatic heterocycles. The highest BCUT2D eigenvalue weighted by atomic mass is 15.1. The summed E-state index contributed by atoms with van der Waals surface area (Å²) in [5.74, 6) is 1.53. The summed E-state index contributed by atoms with van der Waals surface area (Å²) >= 11 is 0. The van der Waals surface area contributed by atoms with E-state index in [0.29, 0.717) is 5.82 Å². The molecule has 0 aliphatic heterocycles. The first kappa shape index (κ1) is 29.9. The zero-order chi connectivity index (χ0) is 35.3. The Kier molecular flexibility index (Phi) is 6.27. The van der Waals surface area contributed by atoms with Crippen molar-refractivity contribution < 1.29 is 0 Å². The van der Waals surface area contributed by atoms with Gasteiger partial charge in [0.2, 0.25) is 0 Å². The van der Waals surface area contributed by atoms with Crippen LogP contribution in [0.15, 0.2) is 170 Å². The standard InChI is InChI=1S/C49H34N4/c1-49(2)37-27-15-12-24-34(37)42-43-35-25-13-16-28-39(35)52(33-22-10-5-11-23-33)46(43)47-44(45(42)49)36-26-14-17-29-40(36)53(47)41-30-38(31-18-6-3-7-19-31)50-48(51-41)32-20-8-4-9-21-32/h3-30H,1-2H3. The summed E-state index contributed by atoms with van der Waals surface area (Å²) in [6.45, 7) is 4.80. The smallest absolute Gasteiger partial charge is 0.162 e. The number of hydrogen-bond donors (Lipinski definition) is 0. The normalized spacial score (nSPS) is 13.2. The predicted molar refractivity (Wildman–Crippen MR) is 219 cm³/mol. The minimum absolute atomic E-state index is 0.251. The molecule has 3 heterocycles. The van der Waals surface area contributed by atoms with Crippen LogP contribution in [-0.2, 0) is 5.41 Å². The SMILES string of the molecule is CC1(C)c2ccccc2-c2c1c1c3ccccc3n(-c3cc(-c4ccccc4)nc(-c4ccccc4)n3)c1c1c2c2ccccc2n1-c1ccccc1. The molecule has 7 aromatic carbocycles. The van der Waals surface area contributed by atoms with Crippen LogP contribution >= 0.6 is 0 Å². The number of nitrogens with zero attached hydrogens (tertiary/aromatic N) is 4. The third-order valence-electron chi connectivity index (χ3n) is 11.3. The molecule has 0 saturated heterocycles. The molecule has 10 aromatic rings. The predicted octanol–water partition coefficient (Wildman–Crippen LogP) is 12.3. The quantitative estimate of drug-likeness (QED) is 0.186. The molecule has 0 bridgehead atoms. The highest BCUT2D eigenvalue weighted by Crippen LogP contribution is 2.58. The van der Waals surface area contributed by atoms with E-state index in [4.69, 9.17) is 9.97 Å². The van der Waals surface area contributed by atoms with Gasteiger partial charge >= 0.3 is 0 Å². The van der Waals surface area contributed by atoms with Crippen molar-refractivity contribution >= 4 is 43.6 Å². The van der Waals surface area contributed by atoms with E-state index in [9.17, 15) is 0 Å². The first-order valence-corrected chi connectivity index (χ1v) is 18.3. The fraction of sp³-hybridized carbons (Fsp3) is 0.0612. The first-order chi connectivity index (χ1) is 26.1. The van der Waals surface area contributed by atoms with Crippen LogP contribution in [0.5, 0.6) is 0 Å². The number of para-hydroxylation sites is 3. The molecule has 11 rings (SSSR count). The molecular weight excluding hydrogens is 645 g/mol. The average molecular weight is 679 g/mol. The molecule has 4 heteroatoms. The molecule has 0 amide bonds. The molecule has 0 unspecified atom stereocenters. The van der Waals surface area contributed by atoms with Crippen LogP contribution in [0.2, 0.25) is 0 Å². The minimum atomic E-state index is -0.251. The summed E-state index contributed by atoms with van der Waals surface area (Å²) in [5, 5.41) is 5.00. The van der Waals surface area contributed by atoms with E-state index in [1.165, 1.54) is 54.8 Å². The second-order valence-corrected chi connectivity index (χ2v) is 14.6. The van der Waals surface area contributed by atoms with Crippen molar-refractivity contribution in [1.82, 2.24) is 19.1 Å². The van der Waals surface area contributed by atoms with E-state index in [2.05, 4.69) is 187 Å². The summed E-state index contributed by atoms with van der Waals surface area (Å²) in [7, 11) is 0. The van der Waals surface area contributed by atoms with Gasteiger partial charge in [-0.1, -0.05) is 153 Å². The van der Waals surface area contributed by atoms with Crippen molar-refractivity contribution in [2.45, 2.75) is 19.3 Å². The van der Waals surface area contributed by atoms with Gasteiger partial charge in [0.25, 0.3) is 0 Å². The van der Waals surface area contributed by atoms with Crippen LogP contribution in [0.1, 0.15) is 25.0 Å². The van der Waals surface area contributed by atoms with E-state index in [-0.39, 0.29) is 5.41 Å². The molecule has 0 saturated carbocycles. The second-order valence-electron chi connectivity index (χ2n) is 14.6. The Bertz CT molecular complexity index is 3000. The van der Waals surface area contributed by atoms with Gasteiger partial charge in [0.1, 0.15) is 5.82 Å². The van der Waals surface area contributed by atoms with E-state index in [1.54, 1.807) is 0 Å². The van der Waals surface area contributed by atoms with Crippen LogP contribution in [0.3, 0.4) is 0 Å². The van der Waals surface area contributed by atoms with Crippen LogP contribution in [0, 0.1) is 0 Å². The highest BCUT2D eigenvalue weighted by molar-refractivity contribution is 6.31. The molecule has 250 valence electrons. The zero-order valence-electron chi connectivity index (χ0n) is 29.5. The maximum atomic E-state index is 5.45. The molecule has 0 N–H and O–H groups in total. The Labute approximate surface area is 307 Å². The largest absolute Gasteiger partial charge is 0.307 e. The van der Waals surface area contributed by atoms with Crippen molar-refractivity contribution in [3.8, 4) is 45.3 Å². The fourth-order valence-corrected chi connectivity index (χ4v) is 9.06. The molecule has 0 fully saturated rings. The Morgan fingerprint density at radius 2 is 1.04 bits per heavy atom. The molecule has 1 aliphatic rings. The molecule has 0 spiro atoms. The van der Waals surface area contributed by atoms with Crippen LogP contribution in [-0.4, -0.2) is 19.1 Å². The summed E-state index contributed by atoms with van der Waals surface area (Å²) in [4.78, 5) is 10.6. The second kappa shape index (κ2) is 11.1. The number of aromatic nitrogens is 4. The van der Waals surface area contributed by atoms with E-state index < -0.39 is 0 Å². The van der Waals surface area contributed by atoms with Gasteiger partial charge < -0.3 is 4.57 Å². The number of rotatable bonds is 4. The van der Waals surface area contributed by atoms with Gasteiger partial charge in [-0.15, -0.1) is 0 Å². The van der Waals surface area contributed by atoms with Gasteiger partial charge in [0, 0.05) is 49.8 Å². The van der Waals surface area contributed by atoms with Gasteiger partial charge in [-0.3, -0.25) is 4.57 Å². The summed E-state index contributed by atoms with van der Waals surface area (Å²) in [6.07, 6.45) is 0. The number of fused-ring (bicyclic) bond motifs is 12. The van der Waals surface area contributed by atoms with Crippen molar-refractivity contribution in [2.24, 2.45) is 0 Å². The monoisotopic (exact) mass is 678 g/mol.